The van der Waals surface area contributed by atoms with E-state index in [4.69, 9.17) is 4.52 Å². The largest absolute Gasteiger partial charge is 0.360 e. The number of amides is 2. The maximum Gasteiger partial charge on any atom is 0.235 e. The smallest absolute Gasteiger partial charge is 0.235 e. The van der Waals surface area contributed by atoms with Crippen molar-refractivity contribution in [2.24, 2.45) is 0 Å². The van der Waals surface area contributed by atoms with E-state index in [-0.39, 0.29) is 23.3 Å². The van der Waals surface area contributed by atoms with Gasteiger partial charge in [0.15, 0.2) is 5.82 Å². The van der Waals surface area contributed by atoms with Crippen molar-refractivity contribution < 1.29 is 14.1 Å². The number of thioether (sulfide) groups is 1. The van der Waals surface area contributed by atoms with E-state index in [1.807, 2.05) is 30.3 Å². The lowest BCUT2D eigenvalue weighted by molar-refractivity contribution is -0.127. The summed E-state index contributed by atoms with van der Waals surface area (Å²) in [6, 6.07) is 11.7. The molecule has 1 heterocycles. The van der Waals surface area contributed by atoms with Crippen molar-refractivity contribution >= 4 is 29.4 Å². The fraction of sp³-hybridized carbons (Fsp3) is 0.316. The fourth-order valence-electron chi connectivity index (χ4n) is 2.31. The maximum atomic E-state index is 12.4. The third-order valence-corrected chi connectivity index (χ3v) is 4.49. The summed E-state index contributed by atoms with van der Waals surface area (Å²) >= 11 is 1.28. The van der Waals surface area contributed by atoms with Gasteiger partial charge in [-0.05, 0) is 18.9 Å². The zero-order valence-corrected chi connectivity index (χ0v) is 15.6. The van der Waals surface area contributed by atoms with Gasteiger partial charge in [0.1, 0.15) is 5.76 Å². The van der Waals surface area contributed by atoms with Crippen LogP contribution in [-0.4, -0.2) is 46.5 Å². The molecule has 1 N–H and O–H groups in total. The molecule has 0 aliphatic rings. The van der Waals surface area contributed by atoms with E-state index < -0.39 is 0 Å². The van der Waals surface area contributed by atoms with Crippen LogP contribution >= 0.6 is 11.8 Å². The standard InChI is InChI=1S/C19H23N3O3S/c1-3-10-22(11-9-16-7-5-4-6-8-16)19(24)14-26-13-18(23)20-17-12-15(2)25-21-17/h3-8,12H,1,9-11,13-14H2,2H3,(H,20,21,23). The van der Waals surface area contributed by atoms with Crippen LogP contribution in [0.2, 0.25) is 0 Å². The third kappa shape index (κ3) is 6.76. The molecule has 2 amide bonds. The number of aryl methyl sites for hydroxylation is 1. The van der Waals surface area contributed by atoms with Crippen molar-refractivity contribution in [3.05, 3.63) is 60.4 Å². The molecule has 2 aromatic rings. The second-order valence-corrected chi connectivity index (χ2v) is 6.71. The fourth-order valence-corrected chi connectivity index (χ4v) is 3.03. The minimum absolute atomic E-state index is 0.00379. The molecule has 7 heteroatoms. The molecule has 0 fully saturated rings. The van der Waals surface area contributed by atoms with E-state index in [0.29, 0.717) is 24.7 Å². The highest BCUT2D eigenvalue weighted by Gasteiger charge is 2.14. The number of hydrogen-bond donors (Lipinski definition) is 1. The lowest BCUT2D eigenvalue weighted by atomic mass is 10.1. The number of nitrogens with one attached hydrogen (secondary N) is 1. The van der Waals surface area contributed by atoms with Crippen LogP contribution in [0, 0.1) is 6.92 Å². The molecule has 0 aliphatic carbocycles. The SMILES string of the molecule is C=CCN(CCc1ccccc1)C(=O)CSCC(=O)Nc1cc(C)on1. The van der Waals surface area contributed by atoms with Crippen LogP contribution in [0.4, 0.5) is 5.82 Å². The Hall–Kier alpha value is -2.54. The zero-order valence-electron chi connectivity index (χ0n) is 14.8. The number of carbonyl (C=O) groups is 2. The van der Waals surface area contributed by atoms with Gasteiger partial charge in [-0.2, -0.15) is 0 Å². The Morgan fingerprint density at radius 2 is 2.08 bits per heavy atom. The molecule has 26 heavy (non-hydrogen) atoms. The topological polar surface area (TPSA) is 75.4 Å². The molecule has 0 saturated heterocycles. The predicted molar refractivity (Wildman–Crippen MR) is 104 cm³/mol. The van der Waals surface area contributed by atoms with Gasteiger partial charge in [0, 0.05) is 19.2 Å². The van der Waals surface area contributed by atoms with Gasteiger partial charge in [-0.1, -0.05) is 41.6 Å². The number of hydrogen-bond acceptors (Lipinski definition) is 5. The minimum Gasteiger partial charge on any atom is -0.360 e. The van der Waals surface area contributed by atoms with E-state index in [0.717, 1.165) is 6.42 Å². The summed E-state index contributed by atoms with van der Waals surface area (Å²) in [7, 11) is 0. The Bertz CT molecular complexity index is 731. The molecule has 0 aliphatic heterocycles. The van der Waals surface area contributed by atoms with Crippen LogP contribution in [0.1, 0.15) is 11.3 Å². The average molecular weight is 373 g/mol. The predicted octanol–water partition coefficient (Wildman–Crippen LogP) is 2.91. The first kappa shape index (κ1) is 19.8. The summed E-state index contributed by atoms with van der Waals surface area (Å²) in [4.78, 5) is 26.0. The number of rotatable bonds is 10. The number of aromatic nitrogens is 1. The Kier molecular flexibility index (Phi) is 7.95. The van der Waals surface area contributed by atoms with E-state index in [2.05, 4.69) is 17.1 Å². The first-order valence-electron chi connectivity index (χ1n) is 8.32. The van der Waals surface area contributed by atoms with Crippen molar-refractivity contribution in [3.63, 3.8) is 0 Å². The third-order valence-electron chi connectivity index (χ3n) is 3.57. The number of nitrogens with zero attached hydrogens (tertiary/aromatic N) is 2. The molecule has 0 bridgehead atoms. The lowest BCUT2D eigenvalue weighted by Crippen LogP contribution is -2.34. The summed E-state index contributed by atoms with van der Waals surface area (Å²) in [5, 5.41) is 6.33. The lowest BCUT2D eigenvalue weighted by Gasteiger charge is -2.21. The number of carbonyl (C=O) groups excluding carboxylic acids is 2. The van der Waals surface area contributed by atoms with Crippen molar-refractivity contribution in [2.75, 3.05) is 29.9 Å². The van der Waals surface area contributed by atoms with Crippen LogP contribution in [0.3, 0.4) is 0 Å². The van der Waals surface area contributed by atoms with Crippen molar-refractivity contribution in [1.82, 2.24) is 10.1 Å². The summed E-state index contributed by atoms with van der Waals surface area (Å²) in [5.74, 6) is 1.22. The number of benzene rings is 1. The van der Waals surface area contributed by atoms with Crippen molar-refractivity contribution in [3.8, 4) is 0 Å². The highest BCUT2D eigenvalue weighted by molar-refractivity contribution is 8.00. The van der Waals surface area contributed by atoms with Crippen LogP contribution in [-0.2, 0) is 16.0 Å². The van der Waals surface area contributed by atoms with Gasteiger partial charge in [0.25, 0.3) is 0 Å². The monoisotopic (exact) mass is 373 g/mol. The molecule has 2 rings (SSSR count). The summed E-state index contributed by atoms with van der Waals surface area (Å²) in [6.45, 7) is 6.59. The van der Waals surface area contributed by atoms with Gasteiger partial charge in [0.05, 0.1) is 11.5 Å². The minimum atomic E-state index is -0.212. The zero-order chi connectivity index (χ0) is 18.8. The quantitative estimate of drug-likeness (QED) is 0.648. The molecular weight excluding hydrogens is 350 g/mol. The maximum absolute atomic E-state index is 12.4. The summed E-state index contributed by atoms with van der Waals surface area (Å²) < 4.78 is 4.89. The molecule has 0 atom stereocenters. The van der Waals surface area contributed by atoms with E-state index in [9.17, 15) is 9.59 Å². The van der Waals surface area contributed by atoms with E-state index in [1.54, 1.807) is 24.0 Å². The van der Waals surface area contributed by atoms with Crippen LogP contribution in [0.5, 0.6) is 0 Å². The van der Waals surface area contributed by atoms with Crippen molar-refractivity contribution in [2.45, 2.75) is 13.3 Å². The first-order valence-corrected chi connectivity index (χ1v) is 9.47. The van der Waals surface area contributed by atoms with Crippen molar-refractivity contribution in [1.29, 1.82) is 0 Å². The average Bonchev–Trinajstić information content (AvgIpc) is 3.04. The molecule has 1 aromatic carbocycles. The molecular formula is C19H23N3O3S. The van der Waals surface area contributed by atoms with Gasteiger partial charge in [-0.25, -0.2) is 0 Å². The van der Waals surface area contributed by atoms with Gasteiger partial charge >= 0.3 is 0 Å². The van der Waals surface area contributed by atoms with Crippen LogP contribution < -0.4 is 5.32 Å². The van der Waals surface area contributed by atoms with Gasteiger partial charge in [0.2, 0.25) is 11.8 Å². The van der Waals surface area contributed by atoms with E-state index >= 15 is 0 Å². The molecule has 138 valence electrons. The first-order chi connectivity index (χ1) is 12.6. The second-order valence-electron chi connectivity index (χ2n) is 5.73. The Balaban J connectivity index is 1.74. The molecule has 0 radical (unpaired) electrons. The van der Waals surface area contributed by atoms with Gasteiger partial charge in [-0.3, -0.25) is 9.59 Å². The molecule has 0 unspecified atom stereocenters. The van der Waals surface area contributed by atoms with Crippen LogP contribution in [0.25, 0.3) is 0 Å². The number of anilines is 1. The Labute approximate surface area is 157 Å². The van der Waals surface area contributed by atoms with Gasteiger partial charge < -0.3 is 14.7 Å². The van der Waals surface area contributed by atoms with Gasteiger partial charge in [-0.15, -0.1) is 18.3 Å². The normalized spacial score (nSPS) is 10.3. The molecule has 6 nitrogen and oxygen atoms in total. The Morgan fingerprint density at radius 1 is 1.31 bits per heavy atom. The van der Waals surface area contributed by atoms with E-state index in [1.165, 1.54) is 17.3 Å². The molecule has 0 spiro atoms. The highest BCUT2D eigenvalue weighted by Crippen LogP contribution is 2.09. The Morgan fingerprint density at radius 3 is 2.73 bits per heavy atom. The summed E-state index contributed by atoms with van der Waals surface area (Å²) in [5.41, 5.74) is 1.18. The highest BCUT2D eigenvalue weighted by atomic mass is 32.2. The molecule has 1 aromatic heterocycles. The van der Waals surface area contributed by atoms with Crippen LogP contribution in [0.15, 0.2) is 53.6 Å². The second kappa shape index (κ2) is 10.5. The molecule has 0 saturated carbocycles. The summed E-state index contributed by atoms with van der Waals surface area (Å²) in [6.07, 6.45) is 2.50.